The number of carbonyl (C=O) groups excluding carboxylic acids is 1. The molecule has 0 heterocycles. The van der Waals surface area contributed by atoms with Gasteiger partial charge in [0, 0.05) is 4.90 Å². The summed E-state index contributed by atoms with van der Waals surface area (Å²) < 4.78 is 37.8. The molecule has 1 amide bonds. The van der Waals surface area contributed by atoms with Crippen LogP contribution < -0.4 is 5.32 Å². The quantitative estimate of drug-likeness (QED) is 0.816. The number of benzene rings is 2. The van der Waals surface area contributed by atoms with Crippen LogP contribution in [0.15, 0.2) is 53.4 Å². The van der Waals surface area contributed by atoms with Crippen LogP contribution in [0.25, 0.3) is 0 Å². The minimum absolute atomic E-state index is 0.0275. The van der Waals surface area contributed by atoms with E-state index in [1.54, 1.807) is 31.2 Å². The Labute approximate surface area is 141 Å². The van der Waals surface area contributed by atoms with Crippen LogP contribution in [0.2, 0.25) is 0 Å². The lowest BCUT2D eigenvalue weighted by Crippen LogP contribution is -2.27. The van der Waals surface area contributed by atoms with Crippen molar-refractivity contribution in [2.45, 2.75) is 23.4 Å². The van der Waals surface area contributed by atoms with E-state index in [1.807, 2.05) is 6.07 Å². The molecule has 2 aromatic rings. The van der Waals surface area contributed by atoms with Crippen molar-refractivity contribution in [3.63, 3.8) is 0 Å². The van der Waals surface area contributed by atoms with Gasteiger partial charge in [0.05, 0.1) is 23.2 Å². The zero-order valence-corrected chi connectivity index (χ0v) is 13.4. The van der Waals surface area contributed by atoms with Gasteiger partial charge in [-0.05, 0) is 48.5 Å². The second kappa shape index (κ2) is 7.41. The van der Waals surface area contributed by atoms with Crippen molar-refractivity contribution in [3.05, 3.63) is 65.2 Å². The fourth-order valence-electron chi connectivity index (χ4n) is 2.07. The van der Waals surface area contributed by atoms with E-state index in [0.717, 1.165) is 5.56 Å². The number of carbonyl (C=O) groups is 1. The number of rotatable bonds is 4. The number of hydrogen-bond acceptors (Lipinski definition) is 3. The van der Waals surface area contributed by atoms with E-state index in [2.05, 4.69) is 5.32 Å². The largest absolute Gasteiger partial charge is 0.446 e. The number of nitrogens with zero attached hydrogens (tertiary/aromatic N) is 1. The first-order valence-electron chi connectivity index (χ1n) is 6.96. The maximum absolute atomic E-state index is 12.6. The molecule has 24 heavy (non-hydrogen) atoms. The summed E-state index contributed by atoms with van der Waals surface area (Å²) >= 11 is -0.313. The van der Waals surface area contributed by atoms with Gasteiger partial charge in [-0.25, -0.2) is 0 Å². The van der Waals surface area contributed by atoms with E-state index >= 15 is 0 Å². The third kappa shape index (κ3) is 4.77. The maximum Gasteiger partial charge on any atom is 0.446 e. The molecule has 0 spiro atoms. The average molecular weight is 350 g/mol. The number of alkyl halides is 3. The topological polar surface area (TPSA) is 52.9 Å². The van der Waals surface area contributed by atoms with Crippen LogP contribution in [-0.4, -0.2) is 11.4 Å². The number of nitrogens with one attached hydrogen (secondary N) is 1. The van der Waals surface area contributed by atoms with Crippen LogP contribution in [0, 0.1) is 11.3 Å². The van der Waals surface area contributed by atoms with Gasteiger partial charge in [-0.1, -0.05) is 24.3 Å². The van der Waals surface area contributed by atoms with Crippen molar-refractivity contribution >= 4 is 17.7 Å². The molecule has 0 aliphatic heterocycles. The number of amides is 1. The normalized spacial score (nSPS) is 12.3. The molecule has 0 saturated heterocycles. The Morgan fingerprint density at radius 3 is 2.38 bits per heavy atom. The number of hydrogen-bond donors (Lipinski definition) is 1. The zero-order chi connectivity index (χ0) is 17.7. The van der Waals surface area contributed by atoms with Gasteiger partial charge >= 0.3 is 5.51 Å². The summed E-state index contributed by atoms with van der Waals surface area (Å²) in [6.45, 7) is 1.72. The first kappa shape index (κ1) is 17.9. The van der Waals surface area contributed by atoms with Crippen LogP contribution in [0.1, 0.15) is 34.5 Å². The Hall–Kier alpha value is -2.46. The van der Waals surface area contributed by atoms with Crippen LogP contribution in [0.4, 0.5) is 13.2 Å². The first-order valence-corrected chi connectivity index (χ1v) is 7.77. The molecule has 124 valence electrons. The van der Waals surface area contributed by atoms with E-state index in [4.69, 9.17) is 5.26 Å². The molecule has 0 saturated carbocycles. The highest BCUT2D eigenvalue weighted by atomic mass is 32.2. The van der Waals surface area contributed by atoms with Gasteiger partial charge in [-0.3, -0.25) is 4.79 Å². The van der Waals surface area contributed by atoms with E-state index in [9.17, 15) is 18.0 Å². The monoisotopic (exact) mass is 350 g/mol. The maximum atomic E-state index is 12.6. The molecule has 2 aromatic carbocycles. The Morgan fingerprint density at radius 1 is 1.17 bits per heavy atom. The highest BCUT2D eigenvalue weighted by Gasteiger charge is 2.31. The fraction of sp³-hybridized carbons (Fsp3) is 0.176. The van der Waals surface area contributed by atoms with E-state index < -0.39 is 17.5 Å². The summed E-state index contributed by atoms with van der Waals surface area (Å²) in [4.78, 5) is 12.2. The van der Waals surface area contributed by atoms with Crippen molar-refractivity contribution in [1.82, 2.24) is 5.32 Å². The lowest BCUT2D eigenvalue weighted by atomic mass is 10.1. The Kier molecular flexibility index (Phi) is 5.52. The molecule has 0 fully saturated rings. The van der Waals surface area contributed by atoms with Gasteiger partial charge < -0.3 is 5.32 Å². The number of nitriles is 1. The predicted molar refractivity (Wildman–Crippen MR) is 85.4 cm³/mol. The number of halogens is 3. The summed E-state index contributed by atoms with van der Waals surface area (Å²) in [5.74, 6) is -0.584. The molecule has 1 unspecified atom stereocenters. The molecule has 0 radical (unpaired) electrons. The highest BCUT2D eigenvalue weighted by molar-refractivity contribution is 8.00. The molecule has 0 aliphatic carbocycles. The van der Waals surface area contributed by atoms with Gasteiger partial charge in [0.1, 0.15) is 0 Å². The van der Waals surface area contributed by atoms with Crippen molar-refractivity contribution in [2.75, 3.05) is 0 Å². The molecule has 1 atom stereocenters. The van der Waals surface area contributed by atoms with Gasteiger partial charge in [0.15, 0.2) is 0 Å². The molecule has 0 aliphatic rings. The summed E-state index contributed by atoms with van der Waals surface area (Å²) in [5.41, 5.74) is -3.25. The lowest BCUT2D eigenvalue weighted by Gasteiger charge is -2.16. The average Bonchev–Trinajstić information content (AvgIpc) is 2.53. The number of thioether (sulfide) groups is 1. The molecule has 0 aromatic heterocycles. The first-order chi connectivity index (χ1) is 11.3. The summed E-state index contributed by atoms with van der Waals surface area (Å²) in [6.07, 6.45) is 0. The van der Waals surface area contributed by atoms with Gasteiger partial charge in [-0.2, -0.15) is 18.4 Å². The summed E-state index contributed by atoms with van der Waals surface area (Å²) in [6, 6.07) is 13.8. The molecule has 2 rings (SSSR count). The molecular formula is C17H13F3N2OS. The Morgan fingerprint density at radius 2 is 1.79 bits per heavy atom. The summed E-state index contributed by atoms with van der Waals surface area (Å²) in [7, 11) is 0. The van der Waals surface area contributed by atoms with Crippen LogP contribution in [-0.2, 0) is 0 Å². The van der Waals surface area contributed by atoms with Gasteiger partial charge in [-0.15, -0.1) is 0 Å². The molecule has 1 N–H and O–H groups in total. The lowest BCUT2D eigenvalue weighted by molar-refractivity contribution is -0.0328. The van der Waals surface area contributed by atoms with Crippen molar-refractivity contribution in [1.29, 1.82) is 5.26 Å². The second-order valence-corrected chi connectivity index (χ2v) is 6.08. The van der Waals surface area contributed by atoms with Gasteiger partial charge in [0.2, 0.25) is 0 Å². The van der Waals surface area contributed by atoms with Crippen LogP contribution in [0.3, 0.4) is 0 Å². The van der Waals surface area contributed by atoms with Crippen molar-refractivity contribution in [2.24, 2.45) is 0 Å². The minimum atomic E-state index is -4.46. The van der Waals surface area contributed by atoms with E-state index in [-0.39, 0.29) is 22.2 Å². The fourth-order valence-corrected chi connectivity index (χ4v) is 2.74. The van der Waals surface area contributed by atoms with E-state index in [1.165, 1.54) is 24.3 Å². The van der Waals surface area contributed by atoms with Gasteiger partial charge in [0.25, 0.3) is 5.91 Å². The van der Waals surface area contributed by atoms with Crippen molar-refractivity contribution in [3.8, 4) is 6.07 Å². The third-order valence-corrected chi connectivity index (χ3v) is 4.05. The second-order valence-electron chi connectivity index (χ2n) is 4.97. The standard InChI is InChI=1S/C17H13F3N2OS/c1-11(13-8-6-12(10-21)7-9-13)22-16(23)14-4-2-3-5-15(14)24-17(18,19)20/h2-9,11H,1H3,(H,22,23). The molecule has 7 heteroatoms. The SMILES string of the molecule is CC(NC(=O)c1ccccc1SC(F)(F)F)c1ccc(C#N)cc1. The third-order valence-electron chi connectivity index (χ3n) is 3.24. The van der Waals surface area contributed by atoms with E-state index in [0.29, 0.717) is 5.56 Å². The predicted octanol–water partition coefficient (Wildman–Crippen LogP) is 4.66. The Bertz CT molecular complexity index is 767. The van der Waals surface area contributed by atoms with Crippen molar-refractivity contribution < 1.29 is 18.0 Å². The van der Waals surface area contributed by atoms with Crippen LogP contribution in [0.5, 0.6) is 0 Å². The minimum Gasteiger partial charge on any atom is -0.345 e. The molecular weight excluding hydrogens is 337 g/mol. The summed E-state index contributed by atoms with van der Waals surface area (Å²) in [5, 5.41) is 11.4. The molecule has 3 nitrogen and oxygen atoms in total. The smallest absolute Gasteiger partial charge is 0.345 e. The highest BCUT2D eigenvalue weighted by Crippen LogP contribution is 2.38. The Balaban J connectivity index is 2.16. The zero-order valence-electron chi connectivity index (χ0n) is 12.6. The van der Waals surface area contributed by atoms with Crippen LogP contribution >= 0.6 is 11.8 Å². The molecule has 0 bridgehead atoms.